The Morgan fingerprint density at radius 2 is 1.79 bits per heavy atom. The first kappa shape index (κ1) is 17.3. The van der Waals surface area contributed by atoms with Crippen LogP contribution in [0.5, 0.6) is 0 Å². The number of anilines is 1. The molecule has 1 amide bonds. The molecule has 1 aromatic carbocycles. The van der Waals surface area contributed by atoms with Crippen LogP contribution in [0.15, 0.2) is 41.6 Å². The second-order valence-corrected chi connectivity index (χ2v) is 6.93. The van der Waals surface area contributed by atoms with Gasteiger partial charge in [0.15, 0.2) is 11.3 Å². The summed E-state index contributed by atoms with van der Waals surface area (Å²) in [4.78, 5) is 37.6. The smallest absolute Gasteiger partial charge is 0.275 e. The molecular formula is C19H18N8O2. The molecule has 1 N–H and O–H groups in total. The van der Waals surface area contributed by atoms with E-state index in [0.29, 0.717) is 37.0 Å². The molecule has 4 heterocycles. The van der Waals surface area contributed by atoms with Gasteiger partial charge in [-0.3, -0.25) is 14.3 Å². The van der Waals surface area contributed by atoms with E-state index >= 15 is 0 Å². The Balaban J connectivity index is 1.39. The number of carbonyl (C=O) groups excluding carboxylic acids is 1. The van der Waals surface area contributed by atoms with E-state index in [1.54, 1.807) is 40.0 Å². The summed E-state index contributed by atoms with van der Waals surface area (Å²) in [6.45, 7) is 2.32. The van der Waals surface area contributed by atoms with Crippen molar-refractivity contribution in [2.45, 2.75) is 0 Å². The predicted octanol–water partition coefficient (Wildman–Crippen LogP) is 0.562. The van der Waals surface area contributed by atoms with E-state index in [1.165, 1.54) is 6.33 Å². The van der Waals surface area contributed by atoms with Gasteiger partial charge in [0, 0.05) is 38.6 Å². The number of amides is 1. The standard InChI is InChI=1S/C19H18N8O2/c1-25-16-14(10-22-25)17(21-11-20-16)26-6-8-27(9-7-26)19(29)15-12-4-2-3-5-13(12)18(28)24-23-15/h2-5,10-11H,6-9H2,1H3,(H,24,28). The van der Waals surface area contributed by atoms with E-state index < -0.39 is 0 Å². The van der Waals surface area contributed by atoms with Crippen molar-refractivity contribution in [2.24, 2.45) is 7.05 Å². The maximum absolute atomic E-state index is 13.1. The van der Waals surface area contributed by atoms with Crippen LogP contribution < -0.4 is 10.5 Å². The lowest BCUT2D eigenvalue weighted by molar-refractivity contribution is 0.0741. The van der Waals surface area contributed by atoms with E-state index in [-0.39, 0.29) is 17.2 Å². The van der Waals surface area contributed by atoms with Gasteiger partial charge in [-0.05, 0) is 6.07 Å². The van der Waals surface area contributed by atoms with Crippen molar-refractivity contribution in [3.8, 4) is 0 Å². The van der Waals surface area contributed by atoms with Gasteiger partial charge in [0.25, 0.3) is 11.5 Å². The van der Waals surface area contributed by atoms with E-state index in [0.717, 1.165) is 16.9 Å². The van der Waals surface area contributed by atoms with Crippen LogP contribution >= 0.6 is 0 Å². The number of piperazine rings is 1. The zero-order chi connectivity index (χ0) is 20.0. The van der Waals surface area contributed by atoms with E-state index in [1.807, 2.05) is 7.05 Å². The number of carbonyl (C=O) groups is 1. The summed E-state index contributed by atoms with van der Waals surface area (Å²) in [7, 11) is 1.84. The number of aryl methyl sites for hydroxylation is 1. The van der Waals surface area contributed by atoms with Gasteiger partial charge in [-0.2, -0.15) is 10.2 Å². The molecule has 1 fully saturated rings. The summed E-state index contributed by atoms with van der Waals surface area (Å²) < 4.78 is 1.72. The molecular weight excluding hydrogens is 372 g/mol. The quantitative estimate of drug-likeness (QED) is 0.532. The largest absolute Gasteiger partial charge is 0.352 e. The first-order valence-electron chi connectivity index (χ1n) is 9.28. The molecule has 0 atom stereocenters. The molecule has 0 saturated carbocycles. The summed E-state index contributed by atoms with van der Waals surface area (Å²) >= 11 is 0. The van der Waals surface area contributed by atoms with Gasteiger partial charge >= 0.3 is 0 Å². The molecule has 0 aliphatic carbocycles. The normalized spacial score (nSPS) is 14.7. The van der Waals surface area contributed by atoms with Gasteiger partial charge in [0.1, 0.15) is 12.1 Å². The van der Waals surface area contributed by atoms with Gasteiger partial charge in [-0.25, -0.2) is 15.1 Å². The molecule has 0 unspecified atom stereocenters. The van der Waals surface area contributed by atoms with Gasteiger partial charge in [-0.1, -0.05) is 18.2 Å². The topological polar surface area (TPSA) is 113 Å². The van der Waals surface area contributed by atoms with Crippen LogP contribution in [0.3, 0.4) is 0 Å². The Bertz CT molecular complexity index is 1290. The van der Waals surface area contributed by atoms with Crippen LogP contribution in [0.1, 0.15) is 10.5 Å². The first-order valence-corrected chi connectivity index (χ1v) is 9.28. The third-order valence-electron chi connectivity index (χ3n) is 5.27. The lowest BCUT2D eigenvalue weighted by Crippen LogP contribution is -2.49. The van der Waals surface area contributed by atoms with E-state index in [4.69, 9.17) is 0 Å². The molecule has 0 bridgehead atoms. The van der Waals surface area contributed by atoms with Gasteiger partial charge in [0.05, 0.1) is 17.0 Å². The Labute approximate surface area is 164 Å². The second-order valence-electron chi connectivity index (χ2n) is 6.93. The van der Waals surface area contributed by atoms with Gasteiger partial charge in [-0.15, -0.1) is 0 Å². The number of aromatic amines is 1. The molecule has 1 aliphatic heterocycles. The van der Waals surface area contributed by atoms with Crippen LogP contribution in [0.2, 0.25) is 0 Å². The molecule has 4 aromatic rings. The van der Waals surface area contributed by atoms with E-state index in [9.17, 15) is 9.59 Å². The highest BCUT2D eigenvalue weighted by molar-refractivity contribution is 6.04. The van der Waals surface area contributed by atoms with Gasteiger partial charge in [0.2, 0.25) is 0 Å². The molecule has 0 spiro atoms. The van der Waals surface area contributed by atoms with Crippen LogP contribution in [0.4, 0.5) is 5.82 Å². The fourth-order valence-electron chi connectivity index (χ4n) is 3.75. The maximum Gasteiger partial charge on any atom is 0.275 e. The molecule has 10 heteroatoms. The Morgan fingerprint density at radius 1 is 1.03 bits per heavy atom. The van der Waals surface area contributed by atoms with Crippen molar-refractivity contribution in [3.63, 3.8) is 0 Å². The molecule has 146 valence electrons. The number of hydrogen-bond donors (Lipinski definition) is 1. The summed E-state index contributed by atoms with van der Waals surface area (Å²) in [5, 5.41) is 12.6. The monoisotopic (exact) mass is 390 g/mol. The Morgan fingerprint density at radius 3 is 2.59 bits per heavy atom. The maximum atomic E-state index is 13.1. The number of fused-ring (bicyclic) bond motifs is 2. The van der Waals surface area contributed by atoms with Crippen LogP contribution in [0, 0.1) is 0 Å². The number of H-pyrrole nitrogens is 1. The Hall–Kier alpha value is -3.82. The minimum absolute atomic E-state index is 0.189. The molecule has 5 rings (SSSR count). The Kier molecular flexibility index (Phi) is 3.97. The molecule has 3 aromatic heterocycles. The fourth-order valence-corrected chi connectivity index (χ4v) is 3.75. The summed E-state index contributed by atoms with van der Waals surface area (Å²) in [5.74, 6) is 0.633. The van der Waals surface area contributed by atoms with Crippen molar-refractivity contribution in [1.29, 1.82) is 0 Å². The third kappa shape index (κ3) is 2.80. The third-order valence-corrected chi connectivity index (χ3v) is 5.27. The van der Waals surface area contributed by atoms with Crippen LogP contribution in [0.25, 0.3) is 21.8 Å². The molecule has 10 nitrogen and oxygen atoms in total. The summed E-state index contributed by atoms with van der Waals surface area (Å²) in [6.07, 6.45) is 3.30. The number of nitrogens with one attached hydrogen (secondary N) is 1. The highest BCUT2D eigenvalue weighted by Gasteiger charge is 2.26. The van der Waals surface area contributed by atoms with Crippen molar-refractivity contribution >= 4 is 33.5 Å². The lowest BCUT2D eigenvalue weighted by atomic mass is 10.1. The predicted molar refractivity (Wildman–Crippen MR) is 107 cm³/mol. The average molecular weight is 390 g/mol. The summed E-state index contributed by atoms with van der Waals surface area (Å²) in [5.41, 5.74) is 0.744. The van der Waals surface area contributed by atoms with Crippen molar-refractivity contribution in [2.75, 3.05) is 31.1 Å². The zero-order valence-electron chi connectivity index (χ0n) is 15.7. The minimum atomic E-state index is -0.300. The fraction of sp³-hybridized carbons (Fsp3) is 0.263. The first-order chi connectivity index (χ1) is 14.1. The second kappa shape index (κ2) is 6.66. The van der Waals surface area contributed by atoms with E-state index in [2.05, 4.69) is 30.2 Å². The number of aromatic nitrogens is 6. The van der Waals surface area contributed by atoms with Gasteiger partial charge < -0.3 is 9.80 Å². The molecule has 29 heavy (non-hydrogen) atoms. The summed E-state index contributed by atoms with van der Waals surface area (Å²) in [6, 6.07) is 7.01. The average Bonchev–Trinajstić information content (AvgIpc) is 3.15. The SMILES string of the molecule is Cn1ncc2c(N3CCN(C(=O)c4n[nH]c(=O)c5ccccc45)CC3)ncnc21. The van der Waals surface area contributed by atoms with Crippen molar-refractivity contribution < 1.29 is 4.79 Å². The van der Waals surface area contributed by atoms with Crippen molar-refractivity contribution in [1.82, 2.24) is 34.8 Å². The highest BCUT2D eigenvalue weighted by atomic mass is 16.2. The zero-order valence-corrected chi connectivity index (χ0v) is 15.7. The molecule has 0 radical (unpaired) electrons. The number of hydrogen-bond acceptors (Lipinski definition) is 7. The van der Waals surface area contributed by atoms with Crippen LogP contribution in [-0.2, 0) is 7.05 Å². The molecule has 1 aliphatic rings. The minimum Gasteiger partial charge on any atom is -0.352 e. The van der Waals surface area contributed by atoms with Crippen LogP contribution in [-0.4, -0.2) is 66.9 Å². The number of benzene rings is 1. The molecule has 1 saturated heterocycles. The number of rotatable bonds is 2. The van der Waals surface area contributed by atoms with Crippen molar-refractivity contribution in [3.05, 3.63) is 52.8 Å². The highest BCUT2D eigenvalue weighted by Crippen LogP contribution is 2.24. The number of nitrogens with zero attached hydrogens (tertiary/aromatic N) is 7. The lowest BCUT2D eigenvalue weighted by Gasteiger charge is -2.35.